The number of nitrogens with two attached hydrogens (primary N) is 1. The van der Waals surface area contributed by atoms with Gasteiger partial charge in [-0.25, -0.2) is 19.4 Å². The molecule has 4 aromatic rings. The lowest BCUT2D eigenvalue weighted by Gasteiger charge is -2.35. The summed E-state index contributed by atoms with van der Waals surface area (Å²) < 4.78 is 13.1. The van der Waals surface area contributed by atoms with Gasteiger partial charge in [-0.3, -0.25) is 15.2 Å². The fraction of sp³-hybridized carbons (Fsp3) is 0.190. The summed E-state index contributed by atoms with van der Waals surface area (Å²) >= 11 is 1.45. The number of fused-ring (bicyclic) bond motifs is 1. The van der Waals surface area contributed by atoms with E-state index in [0.717, 1.165) is 15.4 Å². The molecule has 3 aromatic heterocycles. The summed E-state index contributed by atoms with van der Waals surface area (Å²) in [6, 6.07) is 9.27. The minimum atomic E-state index is -0.376. The van der Waals surface area contributed by atoms with E-state index in [4.69, 9.17) is 10.7 Å². The minimum absolute atomic E-state index is 0.195. The highest BCUT2D eigenvalue weighted by molar-refractivity contribution is 7.21. The number of anilines is 2. The van der Waals surface area contributed by atoms with Crippen molar-refractivity contribution in [1.29, 1.82) is 0 Å². The average Bonchev–Trinajstić information content (AvgIpc) is 3.24. The minimum Gasteiger partial charge on any atom is -0.368 e. The molecule has 0 aliphatic carbocycles. The van der Waals surface area contributed by atoms with Gasteiger partial charge in [0.25, 0.3) is 5.91 Å². The molecule has 4 heterocycles. The zero-order valence-electron chi connectivity index (χ0n) is 16.9. The van der Waals surface area contributed by atoms with Gasteiger partial charge >= 0.3 is 0 Å². The van der Waals surface area contributed by atoms with Gasteiger partial charge in [0.05, 0.1) is 0 Å². The predicted molar refractivity (Wildman–Crippen MR) is 121 cm³/mol. The topological polar surface area (TPSA) is 113 Å². The maximum absolute atomic E-state index is 13.1. The summed E-state index contributed by atoms with van der Waals surface area (Å²) in [6.45, 7) is 2.40. The maximum Gasteiger partial charge on any atom is 0.265 e. The van der Waals surface area contributed by atoms with Crippen LogP contribution >= 0.6 is 11.3 Å². The van der Waals surface area contributed by atoms with Crippen molar-refractivity contribution < 1.29 is 9.18 Å². The van der Waals surface area contributed by atoms with Gasteiger partial charge in [0.15, 0.2) is 10.6 Å². The number of halogens is 1. The van der Waals surface area contributed by atoms with Crippen molar-refractivity contribution >= 4 is 39.4 Å². The molecule has 0 atom stereocenters. The van der Waals surface area contributed by atoms with Crippen LogP contribution in [0.2, 0.25) is 0 Å². The van der Waals surface area contributed by atoms with Gasteiger partial charge in [-0.05, 0) is 36.4 Å². The third-order valence-electron chi connectivity index (χ3n) is 5.11. The molecule has 0 spiro atoms. The number of hydrogen-bond donors (Lipinski definition) is 2. The van der Waals surface area contributed by atoms with Crippen molar-refractivity contribution in [2.45, 2.75) is 0 Å². The molecule has 32 heavy (non-hydrogen) atoms. The summed E-state index contributed by atoms with van der Waals surface area (Å²) in [5.74, 6) is 0.233. The highest BCUT2D eigenvalue weighted by Gasteiger charge is 2.24. The van der Waals surface area contributed by atoms with Crippen molar-refractivity contribution in [1.82, 2.24) is 30.4 Å². The van der Waals surface area contributed by atoms with Crippen molar-refractivity contribution in [2.24, 2.45) is 0 Å². The van der Waals surface area contributed by atoms with E-state index in [9.17, 15) is 9.18 Å². The first kappa shape index (κ1) is 20.2. The van der Waals surface area contributed by atoms with Gasteiger partial charge < -0.3 is 10.6 Å². The first-order chi connectivity index (χ1) is 15.6. The molecule has 0 unspecified atom stereocenters. The molecule has 1 saturated heterocycles. The molecule has 0 radical (unpaired) electrons. The molecule has 1 aliphatic heterocycles. The molecule has 0 saturated carbocycles. The molecule has 1 amide bonds. The Morgan fingerprint density at radius 2 is 1.84 bits per heavy atom. The molecular formula is C21H19FN8OS. The third-order valence-corrected chi connectivity index (χ3v) is 6.11. The third kappa shape index (κ3) is 4.07. The van der Waals surface area contributed by atoms with Crippen LogP contribution in [0.5, 0.6) is 0 Å². The molecule has 11 heteroatoms. The van der Waals surface area contributed by atoms with E-state index in [1.54, 1.807) is 12.4 Å². The summed E-state index contributed by atoms with van der Waals surface area (Å²) in [6.07, 6.45) is 3.48. The smallest absolute Gasteiger partial charge is 0.265 e. The first-order valence-electron chi connectivity index (χ1n) is 9.98. The maximum atomic E-state index is 13.1. The van der Waals surface area contributed by atoms with Crippen LogP contribution in [0.4, 0.5) is 16.2 Å². The van der Waals surface area contributed by atoms with E-state index in [2.05, 4.69) is 25.3 Å². The van der Waals surface area contributed by atoms with Gasteiger partial charge in [0.2, 0.25) is 5.95 Å². The Bertz CT molecular complexity index is 1260. The SMILES string of the molecule is Nc1nc(N2CCN(NC(=O)c3ccc(F)cc3)CC2)c2nc(-c3cccnc3)sc2n1. The fourth-order valence-electron chi connectivity index (χ4n) is 3.50. The Labute approximate surface area is 186 Å². The van der Waals surface area contributed by atoms with E-state index < -0.39 is 0 Å². The Morgan fingerprint density at radius 3 is 2.56 bits per heavy atom. The molecular weight excluding hydrogens is 431 g/mol. The number of thiazole rings is 1. The molecule has 1 aromatic carbocycles. The van der Waals surface area contributed by atoms with Gasteiger partial charge in [0, 0.05) is 49.7 Å². The molecule has 3 N–H and O–H groups in total. The average molecular weight is 451 g/mol. The molecule has 1 aliphatic rings. The normalized spacial score (nSPS) is 14.6. The highest BCUT2D eigenvalue weighted by atomic mass is 32.1. The lowest BCUT2D eigenvalue weighted by molar-refractivity contribution is 0.0777. The standard InChI is InChI=1S/C21H19FN8OS/c22-15-5-3-13(4-6-15)18(31)28-30-10-8-29(9-11-30)17-16-20(27-21(23)26-17)32-19(25-16)14-2-1-7-24-12-14/h1-7,12H,8-11H2,(H,28,31)(H2,23,26,27). The molecule has 1 fully saturated rings. The lowest BCUT2D eigenvalue weighted by Crippen LogP contribution is -2.53. The molecule has 162 valence electrons. The number of rotatable bonds is 4. The van der Waals surface area contributed by atoms with Gasteiger partial charge in [0.1, 0.15) is 16.3 Å². The number of amides is 1. The Kier molecular flexibility index (Phi) is 5.33. The van der Waals surface area contributed by atoms with E-state index in [1.165, 1.54) is 35.6 Å². The number of carbonyl (C=O) groups is 1. The van der Waals surface area contributed by atoms with Crippen LogP contribution in [-0.4, -0.2) is 57.0 Å². The van der Waals surface area contributed by atoms with Crippen LogP contribution < -0.4 is 16.1 Å². The van der Waals surface area contributed by atoms with Crippen LogP contribution in [0, 0.1) is 5.82 Å². The molecule has 0 bridgehead atoms. The number of nitrogen functional groups attached to an aromatic ring is 1. The number of hydrazine groups is 1. The number of nitrogens with zero attached hydrogens (tertiary/aromatic N) is 6. The van der Waals surface area contributed by atoms with E-state index in [0.29, 0.717) is 43.1 Å². The summed E-state index contributed by atoms with van der Waals surface area (Å²) in [4.78, 5) is 32.9. The summed E-state index contributed by atoms with van der Waals surface area (Å²) in [5, 5.41) is 2.64. The number of nitrogens with one attached hydrogen (secondary N) is 1. The van der Waals surface area contributed by atoms with Crippen molar-refractivity contribution in [2.75, 3.05) is 36.8 Å². The van der Waals surface area contributed by atoms with Crippen molar-refractivity contribution in [3.05, 3.63) is 60.2 Å². The van der Waals surface area contributed by atoms with Crippen LogP contribution in [0.15, 0.2) is 48.8 Å². The summed E-state index contributed by atoms with van der Waals surface area (Å²) in [7, 11) is 0. The highest BCUT2D eigenvalue weighted by Crippen LogP contribution is 2.33. The number of carbonyl (C=O) groups excluding carboxylic acids is 1. The second-order valence-electron chi connectivity index (χ2n) is 7.24. The fourth-order valence-corrected chi connectivity index (χ4v) is 4.43. The molecule has 9 nitrogen and oxygen atoms in total. The monoisotopic (exact) mass is 450 g/mol. The van der Waals surface area contributed by atoms with Crippen LogP contribution in [0.1, 0.15) is 10.4 Å². The quantitative estimate of drug-likeness (QED) is 0.487. The largest absolute Gasteiger partial charge is 0.368 e. The zero-order chi connectivity index (χ0) is 22.1. The summed E-state index contributed by atoms with van der Waals surface area (Å²) in [5.41, 5.74) is 10.9. The number of aromatic nitrogens is 4. The molecule has 5 rings (SSSR count). The Balaban J connectivity index is 1.32. The van der Waals surface area contributed by atoms with Crippen molar-refractivity contribution in [3.63, 3.8) is 0 Å². The van der Waals surface area contributed by atoms with Crippen LogP contribution in [0.25, 0.3) is 20.9 Å². The first-order valence-corrected chi connectivity index (χ1v) is 10.8. The van der Waals surface area contributed by atoms with E-state index >= 15 is 0 Å². The predicted octanol–water partition coefficient (Wildman–Crippen LogP) is 2.34. The van der Waals surface area contributed by atoms with Gasteiger partial charge in [-0.1, -0.05) is 11.3 Å². The Morgan fingerprint density at radius 1 is 1.06 bits per heavy atom. The number of benzene rings is 1. The van der Waals surface area contributed by atoms with Gasteiger partial charge in [-0.15, -0.1) is 0 Å². The van der Waals surface area contributed by atoms with Crippen LogP contribution in [-0.2, 0) is 0 Å². The Hall–Kier alpha value is -3.70. The van der Waals surface area contributed by atoms with Crippen molar-refractivity contribution in [3.8, 4) is 10.6 Å². The second-order valence-corrected chi connectivity index (χ2v) is 8.22. The van der Waals surface area contributed by atoms with E-state index in [-0.39, 0.29) is 17.7 Å². The lowest BCUT2D eigenvalue weighted by atomic mass is 10.2. The van der Waals surface area contributed by atoms with E-state index in [1.807, 2.05) is 17.1 Å². The second kappa shape index (κ2) is 8.44. The number of piperazine rings is 1. The number of pyridine rings is 1. The van der Waals surface area contributed by atoms with Gasteiger partial charge in [-0.2, -0.15) is 4.98 Å². The number of hydrogen-bond acceptors (Lipinski definition) is 9. The zero-order valence-corrected chi connectivity index (χ0v) is 17.7. The van der Waals surface area contributed by atoms with Crippen LogP contribution in [0.3, 0.4) is 0 Å².